The zero-order valence-corrected chi connectivity index (χ0v) is 12.8. The average molecular weight is 346 g/mol. The molecule has 0 aromatic carbocycles. The number of rotatable bonds is 8. The maximum Gasteiger partial charge on any atom is 0.343 e. The van der Waals surface area contributed by atoms with Gasteiger partial charge in [-0.3, -0.25) is 14.7 Å². The molecule has 2 aliphatic heterocycles. The fourth-order valence-corrected chi connectivity index (χ4v) is 5.08. The van der Waals surface area contributed by atoms with Crippen molar-refractivity contribution in [3.8, 4) is 0 Å². The van der Waals surface area contributed by atoms with Crippen LogP contribution < -0.4 is 0 Å². The van der Waals surface area contributed by atoms with Crippen molar-refractivity contribution in [1.29, 1.82) is 0 Å². The van der Waals surface area contributed by atoms with E-state index < -0.39 is 36.4 Å². The highest BCUT2D eigenvalue weighted by molar-refractivity contribution is 7.54. The minimum absolute atomic E-state index is 0.0246. The first kappa shape index (κ1) is 16.2. The maximum absolute atomic E-state index is 12.9. The van der Waals surface area contributed by atoms with E-state index in [1.165, 1.54) is 0 Å². The van der Waals surface area contributed by atoms with Crippen molar-refractivity contribution in [2.24, 2.45) is 0 Å². The van der Waals surface area contributed by atoms with Gasteiger partial charge in [-0.05, 0) is 0 Å². The zero-order chi connectivity index (χ0) is 14.8. The van der Waals surface area contributed by atoms with Crippen molar-refractivity contribution in [2.75, 3.05) is 25.0 Å². The quantitative estimate of drug-likeness (QED) is 0.220. The van der Waals surface area contributed by atoms with Gasteiger partial charge in [-0.25, -0.2) is 0 Å². The number of ether oxygens (including phenoxy) is 1. The number of alkyl halides is 2. The molecule has 0 N–H and O–H groups in total. The molecule has 2 bridgehead atoms. The number of fused-ring (bicyclic) bond motifs is 2. The Balaban J connectivity index is 2.24. The molecule has 4 atom stereocenters. The van der Waals surface area contributed by atoms with Gasteiger partial charge in [-0.2, -0.15) is 0 Å². The summed E-state index contributed by atoms with van der Waals surface area (Å²) >= 11 is 11.0. The minimum atomic E-state index is -3.74. The molecule has 2 aliphatic rings. The lowest BCUT2D eigenvalue weighted by atomic mass is 10.0. The Morgan fingerprint density at radius 2 is 1.75 bits per heavy atom. The summed E-state index contributed by atoms with van der Waals surface area (Å²) in [6.45, 7) is -0.0493. The Labute approximate surface area is 125 Å². The van der Waals surface area contributed by atoms with Crippen LogP contribution in [0.3, 0.4) is 0 Å². The second-order valence-electron chi connectivity index (χ2n) is 4.30. The van der Waals surface area contributed by atoms with Gasteiger partial charge in [0, 0.05) is 16.7 Å². The molecule has 0 unspecified atom stereocenters. The lowest BCUT2D eigenvalue weighted by Gasteiger charge is -2.27. The average Bonchev–Trinajstić information content (AvgIpc) is 3.03. The van der Waals surface area contributed by atoms with Crippen LogP contribution >= 0.6 is 30.8 Å². The van der Waals surface area contributed by atoms with Gasteiger partial charge in [0.25, 0.3) is 6.04 Å². The number of nitrogens with zero attached hydrogens (tertiary/aromatic N) is 1. The normalized spacial score (nSPS) is 31.9. The first-order chi connectivity index (χ1) is 9.53. The van der Waals surface area contributed by atoms with Gasteiger partial charge in [-0.1, -0.05) is 12.2 Å². The lowest BCUT2D eigenvalue weighted by molar-refractivity contribution is -0.524. The Morgan fingerprint density at radius 3 is 2.25 bits per heavy atom. The fraction of sp³-hybridized carbons (Fsp3) is 0.800. The third-order valence-corrected chi connectivity index (χ3v) is 5.86. The molecule has 7 nitrogen and oxygen atoms in total. The highest BCUT2D eigenvalue weighted by Crippen LogP contribution is 2.60. The van der Waals surface area contributed by atoms with Crippen molar-refractivity contribution in [3.63, 3.8) is 0 Å². The van der Waals surface area contributed by atoms with E-state index in [2.05, 4.69) is 0 Å². The first-order valence-corrected chi connectivity index (χ1v) is 8.69. The molecular formula is C10H14Cl2NO6P. The van der Waals surface area contributed by atoms with E-state index in [1.54, 1.807) is 12.2 Å². The Morgan fingerprint density at radius 1 is 1.20 bits per heavy atom. The predicted molar refractivity (Wildman–Crippen MR) is 73.3 cm³/mol. The number of halogens is 2. The minimum Gasteiger partial charge on any atom is -0.358 e. The molecule has 0 radical (unpaired) electrons. The SMILES string of the molecule is O=[N+]([O-])[C@@H]1[C@@H](P(=O)(OCCCl)OCCCl)[C@H]2C=C[C@@H]1O2. The second-order valence-corrected chi connectivity index (χ2v) is 7.25. The van der Waals surface area contributed by atoms with E-state index in [1.807, 2.05) is 0 Å². The maximum atomic E-state index is 12.9. The number of hydrogen-bond donors (Lipinski definition) is 0. The standard InChI is InChI=1S/C10H14Cl2NO6P/c11-3-5-17-20(16,18-6-4-12)10-8-2-1-7(19-8)9(10)13(14)15/h1-2,7-10H,3-6H2/t7-,8+,9-,10-/m0/s1. The smallest absolute Gasteiger partial charge is 0.343 e. The third kappa shape index (κ3) is 3.03. The van der Waals surface area contributed by atoms with E-state index in [0.717, 1.165) is 0 Å². The Bertz CT molecular complexity index is 435. The van der Waals surface area contributed by atoms with Crippen LogP contribution in [0.4, 0.5) is 0 Å². The van der Waals surface area contributed by atoms with Gasteiger partial charge in [0.05, 0.1) is 19.3 Å². The summed E-state index contributed by atoms with van der Waals surface area (Å²) in [5, 5.41) is 11.2. The summed E-state index contributed by atoms with van der Waals surface area (Å²) in [4.78, 5) is 10.7. The molecule has 20 heavy (non-hydrogen) atoms. The van der Waals surface area contributed by atoms with Crippen molar-refractivity contribution < 1.29 is 23.3 Å². The summed E-state index contributed by atoms with van der Waals surface area (Å²) in [7, 11) is -3.74. The fourth-order valence-electron chi connectivity index (χ4n) is 2.41. The molecule has 0 amide bonds. The highest BCUT2D eigenvalue weighted by atomic mass is 35.5. The van der Waals surface area contributed by atoms with Crippen LogP contribution in [-0.2, 0) is 18.3 Å². The van der Waals surface area contributed by atoms with Crippen LogP contribution in [0.1, 0.15) is 0 Å². The topological polar surface area (TPSA) is 87.9 Å². The molecule has 1 saturated heterocycles. The van der Waals surface area contributed by atoms with E-state index in [9.17, 15) is 14.7 Å². The summed E-state index contributed by atoms with van der Waals surface area (Å²) in [6.07, 6.45) is 1.90. The molecule has 0 saturated carbocycles. The zero-order valence-electron chi connectivity index (χ0n) is 10.4. The molecule has 0 aromatic rings. The first-order valence-electron chi connectivity index (χ1n) is 6.01. The van der Waals surface area contributed by atoms with Gasteiger partial charge in [-0.15, -0.1) is 23.2 Å². The lowest BCUT2D eigenvalue weighted by Crippen LogP contribution is -2.41. The van der Waals surface area contributed by atoms with E-state index in [4.69, 9.17) is 37.0 Å². The Hall–Kier alpha value is -0.170. The van der Waals surface area contributed by atoms with Crippen molar-refractivity contribution in [1.82, 2.24) is 0 Å². The van der Waals surface area contributed by atoms with E-state index in [0.29, 0.717) is 0 Å². The van der Waals surface area contributed by atoms with E-state index >= 15 is 0 Å². The molecule has 10 heteroatoms. The van der Waals surface area contributed by atoms with Gasteiger partial charge in [0.2, 0.25) is 0 Å². The molecular weight excluding hydrogens is 332 g/mol. The largest absolute Gasteiger partial charge is 0.358 e. The van der Waals surface area contributed by atoms with Gasteiger partial charge in [0.15, 0.2) is 5.66 Å². The number of nitro groups is 1. The van der Waals surface area contributed by atoms with Gasteiger partial charge in [0.1, 0.15) is 6.10 Å². The molecule has 2 rings (SSSR count). The van der Waals surface area contributed by atoms with Crippen LogP contribution in [0.2, 0.25) is 0 Å². The molecule has 2 heterocycles. The monoisotopic (exact) mass is 345 g/mol. The summed E-state index contributed by atoms with van der Waals surface area (Å²) in [5.41, 5.74) is -0.973. The molecule has 0 aromatic heterocycles. The van der Waals surface area contributed by atoms with Crippen LogP contribution in [-0.4, -0.2) is 53.8 Å². The van der Waals surface area contributed by atoms with Crippen molar-refractivity contribution in [3.05, 3.63) is 22.3 Å². The molecule has 114 valence electrons. The molecule has 0 aliphatic carbocycles. The summed E-state index contributed by atoms with van der Waals surface area (Å²) in [5.74, 6) is 0.212. The molecule has 0 spiro atoms. The van der Waals surface area contributed by atoms with Crippen molar-refractivity contribution >= 4 is 30.8 Å². The highest BCUT2D eigenvalue weighted by Gasteiger charge is 2.62. The van der Waals surface area contributed by atoms with Crippen molar-refractivity contribution in [2.45, 2.75) is 23.9 Å². The van der Waals surface area contributed by atoms with E-state index in [-0.39, 0.29) is 25.0 Å². The molecule has 1 fully saturated rings. The van der Waals surface area contributed by atoms with Crippen LogP contribution in [0.5, 0.6) is 0 Å². The van der Waals surface area contributed by atoms with Gasteiger partial charge < -0.3 is 13.8 Å². The summed E-state index contributed by atoms with van der Waals surface area (Å²) in [6, 6.07) is -1.15. The van der Waals surface area contributed by atoms with Gasteiger partial charge >= 0.3 is 7.60 Å². The predicted octanol–water partition coefficient (Wildman–Crippen LogP) is 2.04. The third-order valence-electron chi connectivity index (χ3n) is 3.13. The van der Waals surface area contributed by atoms with Crippen LogP contribution in [0, 0.1) is 10.1 Å². The second kappa shape index (κ2) is 6.73. The van der Waals surface area contributed by atoms with Crippen LogP contribution in [0.15, 0.2) is 12.2 Å². The Kier molecular flexibility index (Phi) is 5.45. The summed E-state index contributed by atoms with van der Waals surface area (Å²) < 4.78 is 28.7. The van der Waals surface area contributed by atoms with Crippen LogP contribution in [0.25, 0.3) is 0 Å². The number of hydrogen-bond acceptors (Lipinski definition) is 6.